The summed E-state index contributed by atoms with van der Waals surface area (Å²) in [7, 11) is 0. The summed E-state index contributed by atoms with van der Waals surface area (Å²) in [6, 6.07) is 67.6. The second kappa shape index (κ2) is 11.5. The number of hydrogen-bond donors (Lipinski definition) is 0. The van der Waals surface area contributed by atoms with Gasteiger partial charge in [-0.1, -0.05) is 140 Å². The Hall–Kier alpha value is -6.64. The lowest BCUT2D eigenvalue weighted by Crippen LogP contribution is -2.12. The van der Waals surface area contributed by atoms with Crippen LogP contribution in [-0.2, 0) is 0 Å². The van der Waals surface area contributed by atoms with Crippen LogP contribution in [0.1, 0.15) is 0 Å². The first-order chi connectivity index (χ1) is 24.8. The number of rotatable bonds is 5. The highest BCUT2D eigenvalue weighted by molar-refractivity contribution is 6.14. The third-order valence-corrected chi connectivity index (χ3v) is 10.0. The Morgan fingerprint density at radius 2 is 1.00 bits per heavy atom. The van der Waals surface area contributed by atoms with Gasteiger partial charge in [-0.2, -0.15) is 0 Å². The summed E-state index contributed by atoms with van der Waals surface area (Å²) in [5, 5.41) is 9.57. The van der Waals surface area contributed by atoms with E-state index < -0.39 is 0 Å². The van der Waals surface area contributed by atoms with Gasteiger partial charge in [0.05, 0.1) is 11.4 Å². The second-order valence-electron chi connectivity index (χ2n) is 12.9. The largest absolute Gasteiger partial charge is 0.456 e. The Kier molecular flexibility index (Phi) is 6.53. The summed E-state index contributed by atoms with van der Waals surface area (Å²) in [4.78, 5) is 2.43. The van der Waals surface area contributed by atoms with Gasteiger partial charge in [0.25, 0.3) is 0 Å². The van der Waals surface area contributed by atoms with Gasteiger partial charge in [-0.15, -0.1) is 0 Å². The van der Waals surface area contributed by atoms with Crippen molar-refractivity contribution in [3.63, 3.8) is 0 Å². The molecule has 0 aliphatic heterocycles. The standard InChI is InChI=1S/C48H31NO/c1-2-12-32(13-3-1)34-17-10-18-38(28-34)49(46-23-11-21-41-39-19-7-6-14-33(39)24-26-42(41)46)45-22-9-8-20-40(45)37-25-27-47-43(30-37)44-29-35-15-4-5-16-36(35)31-48(44)50-47/h1-31H. The average molecular weight is 638 g/mol. The Morgan fingerprint density at radius 3 is 1.90 bits per heavy atom. The third-order valence-electron chi connectivity index (χ3n) is 10.0. The summed E-state index contributed by atoms with van der Waals surface area (Å²) < 4.78 is 6.40. The van der Waals surface area contributed by atoms with E-state index >= 15 is 0 Å². The minimum atomic E-state index is 0.893. The maximum Gasteiger partial charge on any atom is 0.136 e. The van der Waals surface area contributed by atoms with E-state index in [0.717, 1.165) is 50.1 Å². The highest BCUT2D eigenvalue weighted by Gasteiger charge is 2.21. The zero-order valence-electron chi connectivity index (χ0n) is 27.3. The van der Waals surface area contributed by atoms with E-state index in [-0.39, 0.29) is 0 Å². The lowest BCUT2D eigenvalue weighted by Gasteiger charge is -2.29. The van der Waals surface area contributed by atoms with Crippen LogP contribution in [-0.4, -0.2) is 0 Å². The molecule has 0 fully saturated rings. The molecule has 234 valence electrons. The molecule has 0 unspecified atom stereocenters. The van der Waals surface area contributed by atoms with Crippen LogP contribution in [0.4, 0.5) is 17.1 Å². The van der Waals surface area contributed by atoms with Gasteiger partial charge in [-0.25, -0.2) is 0 Å². The Balaban J connectivity index is 1.22. The van der Waals surface area contributed by atoms with E-state index in [9.17, 15) is 0 Å². The molecule has 10 rings (SSSR count). The molecule has 0 spiro atoms. The average Bonchev–Trinajstić information content (AvgIpc) is 3.54. The summed E-state index contributed by atoms with van der Waals surface area (Å²) in [6.45, 7) is 0. The van der Waals surface area contributed by atoms with E-state index in [1.165, 1.54) is 43.4 Å². The minimum Gasteiger partial charge on any atom is -0.456 e. The van der Waals surface area contributed by atoms with Gasteiger partial charge in [0.2, 0.25) is 0 Å². The molecule has 0 aliphatic rings. The molecule has 1 heterocycles. The monoisotopic (exact) mass is 637 g/mol. The van der Waals surface area contributed by atoms with Crippen molar-refractivity contribution in [2.24, 2.45) is 0 Å². The summed E-state index contributed by atoms with van der Waals surface area (Å²) >= 11 is 0. The molecular weight excluding hydrogens is 607 g/mol. The number of benzene rings is 9. The molecule has 0 amide bonds. The van der Waals surface area contributed by atoms with Crippen molar-refractivity contribution in [2.45, 2.75) is 0 Å². The summed E-state index contributed by atoms with van der Waals surface area (Å²) in [5.41, 5.74) is 9.79. The van der Waals surface area contributed by atoms with Crippen LogP contribution < -0.4 is 4.90 Å². The number of anilines is 3. The lowest BCUT2D eigenvalue weighted by molar-refractivity contribution is 0.669. The molecule has 1 aromatic heterocycles. The van der Waals surface area contributed by atoms with Crippen LogP contribution in [0, 0.1) is 0 Å². The highest BCUT2D eigenvalue weighted by atomic mass is 16.3. The first-order valence-electron chi connectivity index (χ1n) is 17.1. The molecule has 10 aromatic rings. The van der Waals surface area contributed by atoms with Gasteiger partial charge in [-0.3, -0.25) is 0 Å². The molecule has 0 N–H and O–H groups in total. The Labute approximate surface area is 290 Å². The molecule has 0 bridgehead atoms. The molecular formula is C48H31NO. The van der Waals surface area contributed by atoms with Crippen molar-refractivity contribution in [1.82, 2.24) is 0 Å². The fourth-order valence-electron chi connectivity index (χ4n) is 7.62. The number of furan rings is 1. The summed E-state index contributed by atoms with van der Waals surface area (Å²) in [5.74, 6) is 0. The van der Waals surface area contributed by atoms with Gasteiger partial charge in [0, 0.05) is 27.4 Å². The second-order valence-corrected chi connectivity index (χ2v) is 12.9. The first kappa shape index (κ1) is 28.4. The van der Waals surface area contributed by atoms with Crippen LogP contribution in [0.15, 0.2) is 192 Å². The smallest absolute Gasteiger partial charge is 0.136 e. The Morgan fingerprint density at radius 1 is 0.320 bits per heavy atom. The van der Waals surface area contributed by atoms with Gasteiger partial charge in [0.15, 0.2) is 0 Å². The molecule has 9 aromatic carbocycles. The predicted octanol–water partition coefficient (Wildman–Crippen LogP) is 13.8. The van der Waals surface area contributed by atoms with Gasteiger partial charge in [-0.05, 0) is 92.2 Å². The predicted molar refractivity (Wildman–Crippen MR) is 212 cm³/mol. The number of para-hydroxylation sites is 1. The molecule has 50 heavy (non-hydrogen) atoms. The zero-order chi connectivity index (χ0) is 33.0. The van der Waals surface area contributed by atoms with Crippen LogP contribution in [0.2, 0.25) is 0 Å². The number of nitrogens with zero attached hydrogens (tertiary/aromatic N) is 1. The van der Waals surface area contributed by atoms with Crippen LogP contribution in [0.3, 0.4) is 0 Å². The molecule has 0 atom stereocenters. The highest BCUT2D eigenvalue weighted by Crippen LogP contribution is 2.46. The van der Waals surface area contributed by atoms with Gasteiger partial charge < -0.3 is 9.32 Å². The quantitative estimate of drug-likeness (QED) is 0.175. The SMILES string of the molecule is c1ccc(-c2cccc(N(c3ccccc3-c3ccc4oc5cc6ccccc6cc5c4c3)c3cccc4c3ccc3ccccc34)c2)cc1. The van der Waals surface area contributed by atoms with E-state index in [1.54, 1.807) is 0 Å². The fraction of sp³-hybridized carbons (Fsp3) is 0. The number of hydrogen-bond acceptors (Lipinski definition) is 2. The first-order valence-corrected chi connectivity index (χ1v) is 17.1. The molecule has 0 radical (unpaired) electrons. The van der Waals surface area contributed by atoms with Crippen LogP contribution in [0.5, 0.6) is 0 Å². The van der Waals surface area contributed by atoms with E-state index in [2.05, 4.69) is 193 Å². The normalized spacial score (nSPS) is 11.6. The van der Waals surface area contributed by atoms with E-state index in [0.29, 0.717) is 0 Å². The maximum atomic E-state index is 6.40. The van der Waals surface area contributed by atoms with Crippen molar-refractivity contribution in [1.29, 1.82) is 0 Å². The van der Waals surface area contributed by atoms with Gasteiger partial charge in [0.1, 0.15) is 11.2 Å². The Bertz CT molecular complexity index is 2880. The van der Waals surface area contributed by atoms with E-state index in [1.807, 2.05) is 0 Å². The van der Waals surface area contributed by atoms with Gasteiger partial charge >= 0.3 is 0 Å². The molecule has 0 aliphatic carbocycles. The number of fused-ring (bicyclic) bond motifs is 7. The van der Waals surface area contributed by atoms with Crippen LogP contribution in [0.25, 0.3) is 76.5 Å². The van der Waals surface area contributed by atoms with Crippen molar-refractivity contribution in [3.05, 3.63) is 188 Å². The van der Waals surface area contributed by atoms with Crippen LogP contribution >= 0.6 is 0 Å². The summed E-state index contributed by atoms with van der Waals surface area (Å²) in [6.07, 6.45) is 0. The third kappa shape index (κ3) is 4.65. The van der Waals surface area contributed by atoms with Crippen molar-refractivity contribution >= 4 is 71.3 Å². The fourth-order valence-corrected chi connectivity index (χ4v) is 7.62. The maximum absolute atomic E-state index is 6.40. The van der Waals surface area contributed by atoms with E-state index in [4.69, 9.17) is 4.42 Å². The molecule has 2 heteroatoms. The van der Waals surface area contributed by atoms with Crippen molar-refractivity contribution in [2.75, 3.05) is 4.90 Å². The molecule has 2 nitrogen and oxygen atoms in total. The lowest BCUT2D eigenvalue weighted by atomic mass is 9.97. The molecule has 0 saturated heterocycles. The molecule has 0 saturated carbocycles. The van der Waals surface area contributed by atoms with Crippen molar-refractivity contribution in [3.8, 4) is 22.3 Å². The zero-order valence-corrected chi connectivity index (χ0v) is 27.3. The van der Waals surface area contributed by atoms with Crippen molar-refractivity contribution < 1.29 is 4.42 Å². The topological polar surface area (TPSA) is 16.4 Å². The minimum absolute atomic E-state index is 0.893.